The highest BCUT2D eigenvalue weighted by molar-refractivity contribution is 6.03. The number of rotatable bonds is 5. The van der Waals surface area contributed by atoms with Crippen LogP contribution in [0.1, 0.15) is 36.2 Å². The van der Waals surface area contributed by atoms with E-state index >= 15 is 0 Å². The fraction of sp³-hybridized carbons (Fsp3) is 0.387. The normalized spacial score (nSPS) is 20.3. The Hall–Kier alpha value is -4.11. The zero-order chi connectivity index (χ0) is 27.5. The fourth-order valence-corrected chi connectivity index (χ4v) is 5.79. The first kappa shape index (κ1) is 26.1. The number of benzene rings is 2. The quantitative estimate of drug-likeness (QED) is 0.510. The van der Waals surface area contributed by atoms with Crippen LogP contribution in [0, 0.1) is 5.41 Å². The van der Waals surface area contributed by atoms with Crippen molar-refractivity contribution in [2.45, 2.75) is 31.7 Å². The summed E-state index contributed by atoms with van der Waals surface area (Å²) >= 11 is 0. The van der Waals surface area contributed by atoms with Crippen molar-refractivity contribution >= 4 is 23.2 Å². The Labute approximate surface area is 234 Å². The van der Waals surface area contributed by atoms with Crippen molar-refractivity contribution in [1.82, 2.24) is 10.3 Å². The van der Waals surface area contributed by atoms with Crippen molar-refractivity contribution in [3.63, 3.8) is 0 Å². The molecule has 40 heavy (non-hydrogen) atoms. The highest BCUT2D eigenvalue weighted by atomic mass is 16.5. The summed E-state index contributed by atoms with van der Waals surface area (Å²) in [5, 5.41) is 2.80. The molecule has 3 aliphatic rings. The summed E-state index contributed by atoms with van der Waals surface area (Å²) in [5.74, 6) is 1.03. The molecule has 1 N–H and O–H groups in total. The van der Waals surface area contributed by atoms with Gasteiger partial charge in [0.25, 0.3) is 11.8 Å². The minimum Gasteiger partial charge on any atom is -0.489 e. The monoisotopic (exact) mass is 542 g/mol. The van der Waals surface area contributed by atoms with E-state index in [1.165, 1.54) is 6.20 Å². The average molecular weight is 543 g/mol. The lowest BCUT2D eigenvalue weighted by molar-refractivity contribution is -0.120. The first-order valence-electron chi connectivity index (χ1n) is 13.9. The number of likely N-dealkylation sites (N-methyl/N-ethyl adjacent to an activating group) is 1. The molecule has 1 spiro atoms. The molecular weight excluding hydrogens is 508 g/mol. The Bertz CT molecular complexity index is 1370. The van der Waals surface area contributed by atoms with E-state index in [4.69, 9.17) is 14.2 Å². The molecule has 0 saturated carbocycles. The topological polar surface area (TPSA) is 93.2 Å². The van der Waals surface area contributed by atoms with Gasteiger partial charge in [0.05, 0.1) is 5.69 Å². The number of anilines is 2. The second kappa shape index (κ2) is 11.2. The molecule has 0 aliphatic carbocycles. The predicted octanol–water partition coefficient (Wildman–Crippen LogP) is 4.42. The van der Waals surface area contributed by atoms with E-state index in [0.717, 1.165) is 57.7 Å². The number of fused-ring (bicyclic) bond motifs is 1. The minimum absolute atomic E-state index is 0.0225. The first-order valence-corrected chi connectivity index (χ1v) is 13.9. The smallest absolute Gasteiger partial charge is 0.270 e. The summed E-state index contributed by atoms with van der Waals surface area (Å²) < 4.78 is 17.5. The summed E-state index contributed by atoms with van der Waals surface area (Å²) in [7, 11) is 1.71. The van der Waals surface area contributed by atoms with Crippen LogP contribution in [0.15, 0.2) is 66.9 Å². The van der Waals surface area contributed by atoms with E-state index in [-0.39, 0.29) is 18.2 Å². The molecule has 3 aliphatic heterocycles. The fourth-order valence-electron chi connectivity index (χ4n) is 5.79. The van der Waals surface area contributed by atoms with Crippen LogP contribution in [0.3, 0.4) is 0 Å². The van der Waals surface area contributed by atoms with Crippen molar-refractivity contribution in [2.24, 2.45) is 5.41 Å². The van der Waals surface area contributed by atoms with Crippen LogP contribution in [-0.4, -0.2) is 62.8 Å². The number of carbonyl (C=O) groups is 2. The second-order valence-corrected chi connectivity index (χ2v) is 10.8. The molecule has 0 unspecified atom stereocenters. The molecule has 1 aromatic heterocycles. The number of aromatic nitrogens is 1. The van der Waals surface area contributed by atoms with Crippen LogP contribution in [0.25, 0.3) is 0 Å². The Balaban J connectivity index is 1.11. The summed E-state index contributed by atoms with van der Waals surface area (Å²) in [6.45, 7) is 3.74. The van der Waals surface area contributed by atoms with E-state index in [1.54, 1.807) is 24.1 Å². The van der Waals surface area contributed by atoms with Crippen LogP contribution in [0.5, 0.6) is 17.2 Å². The van der Waals surface area contributed by atoms with Crippen molar-refractivity contribution in [1.29, 1.82) is 0 Å². The van der Waals surface area contributed by atoms with Gasteiger partial charge in [0.15, 0.2) is 0 Å². The number of ether oxygens (including phenoxy) is 3. The third-order valence-electron chi connectivity index (χ3n) is 8.33. The molecule has 2 amide bonds. The third-order valence-corrected chi connectivity index (χ3v) is 8.33. The highest BCUT2D eigenvalue weighted by Gasteiger charge is 2.37. The van der Waals surface area contributed by atoms with Gasteiger partial charge in [0, 0.05) is 57.4 Å². The van der Waals surface area contributed by atoms with Gasteiger partial charge in [0.1, 0.15) is 35.6 Å². The molecule has 208 valence electrons. The minimum atomic E-state index is -0.864. The molecule has 3 aromatic rings. The number of pyridine rings is 1. The maximum atomic E-state index is 13.3. The molecule has 2 fully saturated rings. The second-order valence-electron chi connectivity index (χ2n) is 10.8. The number of amides is 2. The number of carbonyl (C=O) groups excluding carboxylic acids is 2. The van der Waals surface area contributed by atoms with Crippen molar-refractivity contribution in [3.8, 4) is 17.2 Å². The van der Waals surface area contributed by atoms with E-state index in [2.05, 4.69) is 21.3 Å². The number of hydrogen-bond acceptors (Lipinski definition) is 7. The summed E-state index contributed by atoms with van der Waals surface area (Å²) in [6.07, 6.45) is 6.12. The third kappa shape index (κ3) is 5.47. The van der Waals surface area contributed by atoms with Gasteiger partial charge in [-0.1, -0.05) is 18.2 Å². The molecule has 0 bridgehead atoms. The van der Waals surface area contributed by atoms with E-state index < -0.39 is 11.9 Å². The van der Waals surface area contributed by atoms with Crippen LogP contribution in [0.2, 0.25) is 0 Å². The van der Waals surface area contributed by atoms with Crippen LogP contribution >= 0.6 is 0 Å². The van der Waals surface area contributed by atoms with Crippen LogP contribution < -0.4 is 24.6 Å². The van der Waals surface area contributed by atoms with Gasteiger partial charge >= 0.3 is 0 Å². The van der Waals surface area contributed by atoms with Gasteiger partial charge in [-0.05, 0) is 61.4 Å². The van der Waals surface area contributed by atoms with Gasteiger partial charge in [-0.25, -0.2) is 0 Å². The maximum absolute atomic E-state index is 13.3. The number of piperidine rings is 1. The van der Waals surface area contributed by atoms with Gasteiger partial charge < -0.3 is 29.3 Å². The number of nitrogens with one attached hydrogen (secondary N) is 1. The molecule has 9 nitrogen and oxygen atoms in total. The molecule has 2 saturated heterocycles. The zero-order valence-electron chi connectivity index (χ0n) is 22.7. The lowest BCUT2D eigenvalue weighted by atomic mass is 9.72. The first-order chi connectivity index (χ1) is 19.5. The van der Waals surface area contributed by atoms with Gasteiger partial charge in [-0.2, -0.15) is 0 Å². The zero-order valence-corrected chi connectivity index (χ0v) is 22.7. The molecule has 6 rings (SSSR count). The Morgan fingerprint density at radius 2 is 1.77 bits per heavy atom. The SMILES string of the molecule is CN1C(=O)[C@@H](NC(=O)c2cc(Oc3ccccc3)ccn2)COc2cc(N3CCC4(CCOCC4)CC3)ccc21. The molecule has 1 atom stereocenters. The lowest BCUT2D eigenvalue weighted by Gasteiger charge is -2.44. The Kier molecular flexibility index (Phi) is 7.30. The standard InChI is InChI=1S/C31H34N4O5/c1-34-27-8-7-22(35-15-10-31(11-16-35)12-17-38-18-13-31)19-28(27)39-21-26(30(34)37)33-29(36)25-20-24(9-14-32-25)40-23-5-3-2-4-6-23/h2-9,14,19-20,26H,10-13,15-18,21H2,1H3,(H,33,36)/t26-/m0/s1. The predicted molar refractivity (Wildman–Crippen MR) is 151 cm³/mol. The van der Waals surface area contributed by atoms with E-state index in [1.807, 2.05) is 42.5 Å². The van der Waals surface area contributed by atoms with Crippen molar-refractivity contribution in [2.75, 3.05) is 49.8 Å². The highest BCUT2D eigenvalue weighted by Crippen LogP contribution is 2.42. The van der Waals surface area contributed by atoms with Crippen molar-refractivity contribution < 1.29 is 23.8 Å². The lowest BCUT2D eigenvalue weighted by Crippen LogP contribution is -2.49. The summed E-state index contributed by atoms with van der Waals surface area (Å²) in [4.78, 5) is 34.5. The van der Waals surface area contributed by atoms with Gasteiger partial charge in [0.2, 0.25) is 0 Å². The summed E-state index contributed by atoms with van der Waals surface area (Å²) in [6, 6.07) is 17.7. The Morgan fingerprint density at radius 3 is 2.55 bits per heavy atom. The largest absolute Gasteiger partial charge is 0.489 e. The molecular formula is C31H34N4O5. The molecule has 4 heterocycles. The molecule has 2 aromatic carbocycles. The maximum Gasteiger partial charge on any atom is 0.270 e. The average Bonchev–Trinajstić information content (AvgIpc) is 3.10. The van der Waals surface area contributed by atoms with Crippen molar-refractivity contribution in [3.05, 3.63) is 72.6 Å². The molecule has 0 radical (unpaired) electrons. The van der Waals surface area contributed by atoms with E-state index in [0.29, 0.717) is 28.4 Å². The summed E-state index contributed by atoms with van der Waals surface area (Å²) in [5.41, 5.74) is 2.33. The van der Waals surface area contributed by atoms with Gasteiger partial charge in [-0.15, -0.1) is 0 Å². The van der Waals surface area contributed by atoms with Gasteiger partial charge in [-0.3, -0.25) is 14.6 Å². The van der Waals surface area contributed by atoms with Crippen LogP contribution in [0.4, 0.5) is 11.4 Å². The van der Waals surface area contributed by atoms with Crippen LogP contribution in [-0.2, 0) is 9.53 Å². The Morgan fingerprint density at radius 1 is 1.00 bits per heavy atom. The number of para-hydroxylation sites is 1. The number of hydrogen-bond donors (Lipinski definition) is 1. The molecule has 9 heteroatoms. The van der Waals surface area contributed by atoms with E-state index in [9.17, 15) is 9.59 Å². The number of nitrogens with zero attached hydrogens (tertiary/aromatic N) is 3.